The van der Waals surface area contributed by atoms with Crippen molar-refractivity contribution in [1.82, 2.24) is 24.7 Å². The third-order valence-electron chi connectivity index (χ3n) is 7.17. The second kappa shape index (κ2) is 16.6. The molecule has 0 saturated carbocycles. The fourth-order valence-corrected chi connectivity index (χ4v) is 4.79. The molecule has 0 radical (unpaired) electrons. The molecule has 0 fully saturated rings. The van der Waals surface area contributed by atoms with Gasteiger partial charge in [-0.3, -0.25) is 9.89 Å². The molecule has 0 amide bonds. The Balaban J connectivity index is 1.16. The quantitative estimate of drug-likeness (QED) is 0.0528. The number of hydrogen-bond acceptors (Lipinski definition) is 8. The molecule has 16 heteroatoms. The third kappa shape index (κ3) is 9.23. The van der Waals surface area contributed by atoms with Crippen LogP contribution in [-0.4, -0.2) is 77.5 Å². The smallest absolute Gasteiger partial charge is 0.416 e. The Morgan fingerprint density at radius 1 is 0.875 bits per heavy atom. The first-order valence-corrected chi connectivity index (χ1v) is 15.1. The first-order valence-electron chi connectivity index (χ1n) is 15.1. The maximum atomic E-state index is 13.7. The molecule has 0 saturated heterocycles. The summed E-state index contributed by atoms with van der Waals surface area (Å²) in [4.78, 5) is 28.0. The van der Waals surface area contributed by atoms with Gasteiger partial charge in [0.2, 0.25) is 5.95 Å². The molecular weight excluding hydrogens is 633 g/mol. The molecule has 0 bridgehead atoms. The van der Waals surface area contributed by atoms with E-state index in [1.807, 2.05) is 24.3 Å². The molecule has 13 nitrogen and oxygen atoms in total. The summed E-state index contributed by atoms with van der Waals surface area (Å²) in [7, 11) is 0. The van der Waals surface area contributed by atoms with Crippen LogP contribution in [0.15, 0.2) is 76.8 Å². The highest BCUT2D eigenvalue weighted by Gasteiger charge is 2.30. The minimum Gasteiger partial charge on any atom is -0.491 e. The maximum absolute atomic E-state index is 13.7. The monoisotopic (exact) mass is 666 g/mol. The van der Waals surface area contributed by atoms with E-state index in [1.54, 1.807) is 18.3 Å². The molecule has 5 rings (SSSR count). The number of hydrogen-bond donors (Lipinski definition) is 2. The summed E-state index contributed by atoms with van der Waals surface area (Å²) in [6.45, 7) is 3.01. The molecule has 48 heavy (non-hydrogen) atoms. The molecule has 2 aromatic carbocycles. The van der Waals surface area contributed by atoms with E-state index >= 15 is 0 Å². The molecule has 3 aromatic heterocycles. The second-order valence-corrected chi connectivity index (χ2v) is 10.4. The number of rotatable bonds is 18. The Morgan fingerprint density at radius 2 is 1.56 bits per heavy atom. The van der Waals surface area contributed by atoms with Gasteiger partial charge in [-0.25, -0.2) is 4.98 Å². The zero-order valence-corrected chi connectivity index (χ0v) is 25.8. The van der Waals surface area contributed by atoms with Gasteiger partial charge < -0.3 is 23.9 Å². The summed E-state index contributed by atoms with van der Waals surface area (Å²) in [6, 6.07) is 15.6. The summed E-state index contributed by atoms with van der Waals surface area (Å²) in [6.07, 6.45) is -2.09. The van der Waals surface area contributed by atoms with Gasteiger partial charge in [0, 0.05) is 23.2 Å². The van der Waals surface area contributed by atoms with E-state index in [0.29, 0.717) is 92.8 Å². The van der Waals surface area contributed by atoms with Crippen molar-refractivity contribution in [2.45, 2.75) is 19.0 Å². The molecular formula is C32H33F3N8O5. The lowest BCUT2D eigenvalue weighted by molar-refractivity contribution is -0.137. The molecule has 0 aliphatic heterocycles. The van der Waals surface area contributed by atoms with Crippen molar-refractivity contribution in [3.05, 3.63) is 104 Å². The summed E-state index contributed by atoms with van der Waals surface area (Å²) in [5.41, 5.74) is 10.3. The van der Waals surface area contributed by atoms with Gasteiger partial charge in [-0.05, 0) is 65.9 Å². The standard InChI is InChI=1S/C32H33F3N8O5/c33-32(34,35)24-8-6-23(7-9-24)28-26(30(44)43(41-28)31-39-27-2-1-13-37-29(27)40-31)12-5-22-3-10-25(11-4-22)48-21-20-47-19-18-46-17-16-45-15-14-38-42-36/h1-4,6-11,13,41H,5,12,14-21H2,(H,37,39,40). The van der Waals surface area contributed by atoms with Crippen molar-refractivity contribution >= 4 is 11.2 Å². The molecule has 0 unspecified atom stereocenters. The van der Waals surface area contributed by atoms with Gasteiger partial charge in [-0.1, -0.05) is 29.4 Å². The van der Waals surface area contributed by atoms with Crippen LogP contribution in [0.2, 0.25) is 0 Å². The topological polar surface area (TPSA) is 165 Å². The fourth-order valence-electron chi connectivity index (χ4n) is 4.79. The molecule has 0 aliphatic rings. The molecule has 0 atom stereocenters. The number of azide groups is 1. The summed E-state index contributed by atoms with van der Waals surface area (Å²) >= 11 is 0. The van der Waals surface area contributed by atoms with Crippen molar-refractivity contribution in [2.24, 2.45) is 5.11 Å². The Labute approximate surface area is 272 Å². The van der Waals surface area contributed by atoms with E-state index in [0.717, 1.165) is 17.7 Å². The molecule has 2 N–H and O–H groups in total. The SMILES string of the molecule is [N-]=[N+]=NCCOCCOCCOCCOc1ccc(CCc2c(-c3ccc(C(F)(F)F)cc3)[nH]n(-c3nc4ncccc4[nH]3)c2=O)cc1. The number of imidazole rings is 1. The highest BCUT2D eigenvalue weighted by molar-refractivity contribution is 5.71. The largest absolute Gasteiger partial charge is 0.491 e. The fraction of sp³-hybridized carbons (Fsp3) is 0.344. The summed E-state index contributed by atoms with van der Waals surface area (Å²) in [5.74, 6) is 0.875. The van der Waals surface area contributed by atoms with E-state index in [1.165, 1.54) is 16.8 Å². The van der Waals surface area contributed by atoms with Gasteiger partial charge in [0.15, 0.2) is 5.65 Å². The average Bonchev–Trinajstić information content (AvgIpc) is 3.66. The Kier molecular flexibility index (Phi) is 11.8. The number of aryl methyl sites for hydroxylation is 1. The van der Waals surface area contributed by atoms with E-state index in [-0.39, 0.29) is 18.1 Å². The van der Waals surface area contributed by atoms with Crippen LogP contribution < -0.4 is 10.3 Å². The van der Waals surface area contributed by atoms with Crippen LogP contribution >= 0.6 is 0 Å². The molecule has 3 heterocycles. The van der Waals surface area contributed by atoms with Crippen molar-refractivity contribution < 1.29 is 32.1 Å². The van der Waals surface area contributed by atoms with Crippen molar-refractivity contribution in [3.63, 3.8) is 0 Å². The lowest BCUT2D eigenvalue weighted by atomic mass is 10.0. The number of ether oxygens (including phenoxy) is 4. The first kappa shape index (κ1) is 34.2. The average molecular weight is 667 g/mol. The number of halogens is 3. The highest BCUT2D eigenvalue weighted by Crippen LogP contribution is 2.31. The van der Waals surface area contributed by atoms with Gasteiger partial charge >= 0.3 is 6.18 Å². The van der Waals surface area contributed by atoms with Crippen molar-refractivity contribution in [3.8, 4) is 23.0 Å². The predicted molar refractivity (Wildman–Crippen MR) is 170 cm³/mol. The lowest BCUT2D eigenvalue weighted by Gasteiger charge is -2.09. The lowest BCUT2D eigenvalue weighted by Crippen LogP contribution is -2.19. The molecule has 252 valence electrons. The van der Waals surface area contributed by atoms with E-state index in [4.69, 9.17) is 24.5 Å². The number of pyridine rings is 1. The van der Waals surface area contributed by atoms with E-state index < -0.39 is 11.7 Å². The maximum Gasteiger partial charge on any atom is 0.416 e. The molecule has 0 spiro atoms. The zero-order chi connectivity index (χ0) is 33.8. The van der Waals surface area contributed by atoms with Gasteiger partial charge in [-0.2, -0.15) is 22.8 Å². The number of aromatic nitrogens is 5. The van der Waals surface area contributed by atoms with E-state index in [2.05, 4.69) is 30.1 Å². The van der Waals surface area contributed by atoms with Gasteiger partial charge in [0.1, 0.15) is 12.4 Å². The normalized spacial score (nSPS) is 11.6. The van der Waals surface area contributed by atoms with Gasteiger partial charge in [0.05, 0.1) is 56.4 Å². The second-order valence-electron chi connectivity index (χ2n) is 10.4. The number of H-pyrrole nitrogens is 2. The van der Waals surface area contributed by atoms with Crippen LogP contribution in [0.25, 0.3) is 38.8 Å². The minimum atomic E-state index is -4.48. The number of fused-ring (bicyclic) bond motifs is 1. The van der Waals surface area contributed by atoms with Crippen LogP contribution in [0.4, 0.5) is 13.2 Å². The number of aromatic amines is 2. The summed E-state index contributed by atoms with van der Waals surface area (Å²) in [5, 5.41) is 6.42. The number of nitrogens with one attached hydrogen (secondary N) is 2. The minimum absolute atomic E-state index is 0.219. The van der Waals surface area contributed by atoms with Crippen molar-refractivity contribution in [1.29, 1.82) is 0 Å². The molecule has 5 aromatic rings. The first-order chi connectivity index (χ1) is 23.3. The van der Waals surface area contributed by atoms with Crippen LogP contribution in [0.5, 0.6) is 5.75 Å². The number of nitrogens with zero attached hydrogens (tertiary/aromatic N) is 6. The highest BCUT2D eigenvalue weighted by atomic mass is 19.4. The zero-order valence-electron chi connectivity index (χ0n) is 25.8. The van der Waals surface area contributed by atoms with Gasteiger partial charge in [-0.15, -0.1) is 0 Å². The van der Waals surface area contributed by atoms with Crippen LogP contribution in [0.3, 0.4) is 0 Å². The van der Waals surface area contributed by atoms with Crippen LogP contribution in [0.1, 0.15) is 16.7 Å². The molecule has 0 aliphatic carbocycles. The number of alkyl halides is 3. The van der Waals surface area contributed by atoms with E-state index in [9.17, 15) is 18.0 Å². The van der Waals surface area contributed by atoms with Crippen molar-refractivity contribution in [2.75, 3.05) is 52.8 Å². The Bertz CT molecular complexity index is 1830. The Hall–Kier alpha value is -5.15. The number of benzene rings is 2. The predicted octanol–water partition coefficient (Wildman–Crippen LogP) is 5.65. The summed E-state index contributed by atoms with van der Waals surface area (Å²) < 4.78 is 62.8. The Morgan fingerprint density at radius 3 is 2.23 bits per heavy atom. The van der Waals surface area contributed by atoms with Gasteiger partial charge in [0.25, 0.3) is 5.56 Å². The van der Waals surface area contributed by atoms with Crippen LogP contribution in [0, 0.1) is 0 Å². The third-order valence-corrected chi connectivity index (χ3v) is 7.17. The van der Waals surface area contributed by atoms with Crippen LogP contribution in [-0.2, 0) is 33.2 Å².